The molecule has 4 rings (SSSR count). The number of carbonyl (C=O) groups excluding carboxylic acids is 2. The number of methoxy groups -OCH3 is 1. The van der Waals surface area contributed by atoms with Crippen molar-refractivity contribution in [3.8, 4) is 0 Å². The van der Waals surface area contributed by atoms with Crippen molar-refractivity contribution >= 4 is 17.5 Å². The van der Waals surface area contributed by atoms with Crippen LogP contribution in [0.1, 0.15) is 72.9 Å². The molecular formula is C26H32N2O3. The van der Waals surface area contributed by atoms with Gasteiger partial charge in [0.15, 0.2) is 0 Å². The molecule has 2 aromatic rings. The lowest BCUT2D eigenvalue weighted by atomic mass is 9.71. The zero-order valence-corrected chi connectivity index (χ0v) is 18.7. The zero-order chi connectivity index (χ0) is 22.0. The van der Waals surface area contributed by atoms with Gasteiger partial charge >= 0.3 is 0 Å². The molecule has 1 saturated carbocycles. The summed E-state index contributed by atoms with van der Waals surface area (Å²) in [7, 11) is 1.65. The van der Waals surface area contributed by atoms with E-state index in [2.05, 4.69) is 31.3 Å². The fourth-order valence-electron chi connectivity index (χ4n) is 5.34. The number of carbonyl (C=O) groups is 2. The molecule has 5 nitrogen and oxygen atoms in total. The van der Waals surface area contributed by atoms with Crippen molar-refractivity contribution in [2.75, 3.05) is 25.6 Å². The van der Waals surface area contributed by atoms with Crippen LogP contribution in [-0.4, -0.2) is 42.5 Å². The van der Waals surface area contributed by atoms with E-state index >= 15 is 0 Å². The van der Waals surface area contributed by atoms with E-state index in [-0.39, 0.29) is 11.8 Å². The Hall–Kier alpha value is -2.66. The highest BCUT2D eigenvalue weighted by Gasteiger charge is 2.55. The molecule has 5 heteroatoms. The minimum Gasteiger partial charge on any atom is -0.383 e. The fraction of sp³-hybridized carbons (Fsp3) is 0.462. The quantitative estimate of drug-likeness (QED) is 0.720. The van der Waals surface area contributed by atoms with Crippen LogP contribution in [0.2, 0.25) is 0 Å². The Labute approximate surface area is 184 Å². The van der Waals surface area contributed by atoms with Gasteiger partial charge in [-0.15, -0.1) is 0 Å². The lowest BCUT2D eigenvalue weighted by Crippen LogP contribution is -2.60. The summed E-state index contributed by atoms with van der Waals surface area (Å²) in [5, 5.41) is 3.15. The van der Waals surface area contributed by atoms with E-state index in [1.807, 2.05) is 41.3 Å². The summed E-state index contributed by atoms with van der Waals surface area (Å²) in [6.45, 7) is 5.27. The second-order valence-corrected chi connectivity index (χ2v) is 9.05. The Kier molecular flexibility index (Phi) is 6.15. The van der Waals surface area contributed by atoms with Crippen LogP contribution in [0.5, 0.6) is 0 Å². The van der Waals surface area contributed by atoms with Crippen LogP contribution in [0, 0.1) is 0 Å². The molecule has 0 bridgehead atoms. The first-order valence-electron chi connectivity index (χ1n) is 11.3. The normalized spacial score (nSPS) is 19.7. The van der Waals surface area contributed by atoms with Gasteiger partial charge in [0.2, 0.25) is 5.91 Å². The van der Waals surface area contributed by atoms with Gasteiger partial charge in [-0.1, -0.05) is 57.0 Å². The van der Waals surface area contributed by atoms with Gasteiger partial charge in [0.25, 0.3) is 5.91 Å². The minimum absolute atomic E-state index is 0.0138. The number of benzene rings is 2. The van der Waals surface area contributed by atoms with Gasteiger partial charge in [-0.3, -0.25) is 9.59 Å². The molecule has 1 aliphatic carbocycles. The van der Waals surface area contributed by atoms with E-state index in [1.54, 1.807) is 7.11 Å². The first kappa shape index (κ1) is 21.6. The molecule has 2 aliphatic rings. The molecule has 2 aromatic carbocycles. The fourth-order valence-corrected chi connectivity index (χ4v) is 5.34. The number of amides is 2. The van der Waals surface area contributed by atoms with E-state index in [1.165, 1.54) is 5.56 Å². The number of hydrogen-bond acceptors (Lipinski definition) is 3. The lowest BCUT2D eigenvalue weighted by Gasteiger charge is -2.50. The van der Waals surface area contributed by atoms with E-state index < -0.39 is 11.5 Å². The van der Waals surface area contributed by atoms with Crippen molar-refractivity contribution in [1.29, 1.82) is 0 Å². The van der Waals surface area contributed by atoms with Gasteiger partial charge in [0.1, 0.15) is 0 Å². The highest BCUT2D eigenvalue weighted by molar-refractivity contribution is 6.05. The predicted molar refractivity (Wildman–Crippen MR) is 122 cm³/mol. The van der Waals surface area contributed by atoms with Crippen molar-refractivity contribution in [1.82, 2.24) is 4.90 Å². The molecule has 0 unspecified atom stereocenters. The predicted octanol–water partition coefficient (Wildman–Crippen LogP) is 4.95. The van der Waals surface area contributed by atoms with Gasteiger partial charge in [0.05, 0.1) is 18.1 Å². The second kappa shape index (κ2) is 8.83. The molecule has 0 radical (unpaired) electrons. The third-order valence-corrected chi connectivity index (χ3v) is 6.92. The standard InChI is InChI=1S/C26H32N2O3/c1-18(2)19-10-12-20(13-11-19)27-24(29)23-21-8-4-5-9-22(21)25(30)28(16-17-31-3)26(23)14-6-7-15-26/h4-5,8-13,18,23H,6-7,14-17H2,1-3H3,(H,27,29)/t23-/m0/s1. The number of rotatable bonds is 6. The van der Waals surface area contributed by atoms with Gasteiger partial charge in [-0.05, 0) is 48.1 Å². The summed E-state index contributed by atoms with van der Waals surface area (Å²) < 4.78 is 5.31. The number of hydrogen-bond donors (Lipinski definition) is 1. The minimum atomic E-state index is -0.494. The van der Waals surface area contributed by atoms with Crippen LogP contribution >= 0.6 is 0 Å². The van der Waals surface area contributed by atoms with Gasteiger partial charge in [-0.2, -0.15) is 0 Å². The first-order chi connectivity index (χ1) is 15.0. The SMILES string of the molecule is COCCN1C(=O)c2ccccc2[C@@H](C(=O)Nc2ccc(C(C)C)cc2)C12CCCC2. The zero-order valence-electron chi connectivity index (χ0n) is 18.7. The van der Waals surface area contributed by atoms with Crippen molar-refractivity contribution in [2.24, 2.45) is 0 Å². The Morgan fingerprint density at radius 3 is 2.45 bits per heavy atom. The van der Waals surface area contributed by atoms with Crippen molar-refractivity contribution in [3.63, 3.8) is 0 Å². The molecule has 1 heterocycles. The van der Waals surface area contributed by atoms with Crippen molar-refractivity contribution < 1.29 is 14.3 Å². The Bertz CT molecular complexity index is 945. The number of anilines is 1. The van der Waals surface area contributed by atoms with Crippen molar-refractivity contribution in [3.05, 3.63) is 65.2 Å². The summed E-state index contributed by atoms with van der Waals surface area (Å²) in [5.41, 5.74) is 3.02. The summed E-state index contributed by atoms with van der Waals surface area (Å²) in [5.74, 6) is 0.0177. The highest BCUT2D eigenvalue weighted by atomic mass is 16.5. The maximum absolute atomic E-state index is 13.8. The molecule has 31 heavy (non-hydrogen) atoms. The summed E-state index contributed by atoms with van der Waals surface area (Å²) >= 11 is 0. The summed E-state index contributed by atoms with van der Waals surface area (Å²) in [6, 6.07) is 15.7. The molecular weight excluding hydrogens is 388 g/mol. The number of ether oxygens (including phenoxy) is 1. The molecule has 2 amide bonds. The molecule has 164 valence electrons. The number of nitrogens with one attached hydrogen (secondary N) is 1. The van der Waals surface area contributed by atoms with E-state index in [4.69, 9.17) is 4.74 Å². The number of nitrogens with zero attached hydrogens (tertiary/aromatic N) is 1. The van der Waals surface area contributed by atoms with Crippen LogP contribution < -0.4 is 5.32 Å². The Morgan fingerprint density at radius 1 is 1.13 bits per heavy atom. The van der Waals surface area contributed by atoms with Crippen LogP contribution in [0.25, 0.3) is 0 Å². The summed E-state index contributed by atoms with van der Waals surface area (Å²) in [6.07, 6.45) is 3.71. The summed E-state index contributed by atoms with van der Waals surface area (Å²) in [4.78, 5) is 29.1. The molecule has 1 fully saturated rings. The maximum Gasteiger partial charge on any atom is 0.254 e. The average molecular weight is 421 g/mol. The van der Waals surface area contributed by atoms with Crippen LogP contribution in [0.4, 0.5) is 5.69 Å². The third-order valence-electron chi connectivity index (χ3n) is 6.92. The lowest BCUT2D eigenvalue weighted by molar-refractivity contribution is -0.121. The average Bonchev–Trinajstić information content (AvgIpc) is 3.24. The topological polar surface area (TPSA) is 58.6 Å². The molecule has 1 spiro atoms. The monoisotopic (exact) mass is 420 g/mol. The molecule has 0 saturated heterocycles. The molecule has 1 N–H and O–H groups in total. The van der Waals surface area contributed by atoms with Gasteiger partial charge < -0.3 is 15.0 Å². The van der Waals surface area contributed by atoms with Crippen LogP contribution in [0.15, 0.2) is 48.5 Å². The van der Waals surface area contributed by atoms with E-state index in [9.17, 15) is 9.59 Å². The largest absolute Gasteiger partial charge is 0.383 e. The smallest absolute Gasteiger partial charge is 0.254 e. The maximum atomic E-state index is 13.8. The molecule has 1 atom stereocenters. The molecule has 1 aliphatic heterocycles. The van der Waals surface area contributed by atoms with Crippen LogP contribution in [-0.2, 0) is 9.53 Å². The van der Waals surface area contributed by atoms with Crippen LogP contribution in [0.3, 0.4) is 0 Å². The second-order valence-electron chi connectivity index (χ2n) is 9.05. The van der Waals surface area contributed by atoms with E-state index in [0.717, 1.165) is 36.9 Å². The molecule has 0 aromatic heterocycles. The highest BCUT2D eigenvalue weighted by Crippen LogP contribution is 2.50. The third kappa shape index (κ3) is 3.87. The van der Waals surface area contributed by atoms with E-state index in [0.29, 0.717) is 24.6 Å². The number of fused-ring (bicyclic) bond motifs is 1. The Morgan fingerprint density at radius 2 is 1.81 bits per heavy atom. The van der Waals surface area contributed by atoms with Gasteiger partial charge in [-0.25, -0.2) is 0 Å². The van der Waals surface area contributed by atoms with Crippen molar-refractivity contribution in [2.45, 2.75) is 56.9 Å². The Balaban J connectivity index is 1.73. The first-order valence-corrected chi connectivity index (χ1v) is 11.3. The van der Waals surface area contributed by atoms with Gasteiger partial charge in [0, 0.05) is 24.9 Å².